The van der Waals surface area contributed by atoms with Crippen LogP contribution >= 0.6 is 0 Å². The van der Waals surface area contributed by atoms with Crippen molar-refractivity contribution in [3.05, 3.63) is 0 Å². The predicted molar refractivity (Wildman–Crippen MR) is 53.5 cm³/mol. The molecule has 0 aromatic rings. The standard InChI is InChI=1S/C11H21NO/c13-8-10-6-12-7-11(10)9-4-2-1-3-5-9/h9-13H,1-8H2. The van der Waals surface area contributed by atoms with Crippen LogP contribution in [0.2, 0.25) is 0 Å². The normalized spacial score (nSPS) is 36.7. The molecule has 1 aliphatic heterocycles. The molecule has 2 aliphatic rings. The van der Waals surface area contributed by atoms with E-state index in [1.165, 1.54) is 32.1 Å². The summed E-state index contributed by atoms with van der Waals surface area (Å²) in [6.07, 6.45) is 7.07. The fourth-order valence-electron chi connectivity index (χ4n) is 3.07. The van der Waals surface area contributed by atoms with Crippen molar-refractivity contribution >= 4 is 0 Å². The van der Waals surface area contributed by atoms with Crippen molar-refractivity contribution in [1.82, 2.24) is 5.32 Å². The molecule has 2 atom stereocenters. The largest absolute Gasteiger partial charge is 0.396 e. The summed E-state index contributed by atoms with van der Waals surface area (Å²) in [6, 6.07) is 0. The molecule has 0 aromatic heterocycles. The number of hydrogen-bond donors (Lipinski definition) is 2. The molecule has 0 aromatic carbocycles. The summed E-state index contributed by atoms with van der Waals surface area (Å²) >= 11 is 0. The summed E-state index contributed by atoms with van der Waals surface area (Å²) in [5.74, 6) is 2.22. The van der Waals surface area contributed by atoms with E-state index in [1.807, 2.05) is 0 Å². The summed E-state index contributed by atoms with van der Waals surface area (Å²) in [7, 11) is 0. The first-order valence-electron chi connectivity index (χ1n) is 5.73. The number of hydrogen-bond acceptors (Lipinski definition) is 2. The molecular formula is C11H21NO. The molecule has 1 aliphatic carbocycles. The highest BCUT2D eigenvalue weighted by atomic mass is 16.3. The molecule has 2 rings (SSSR count). The molecule has 2 N–H and O–H groups in total. The van der Waals surface area contributed by atoms with Gasteiger partial charge in [-0.1, -0.05) is 32.1 Å². The summed E-state index contributed by atoms with van der Waals surface area (Å²) in [6.45, 7) is 2.57. The van der Waals surface area contributed by atoms with Crippen LogP contribution in [-0.2, 0) is 0 Å². The highest BCUT2D eigenvalue weighted by molar-refractivity contribution is 4.86. The molecule has 1 heterocycles. The highest BCUT2D eigenvalue weighted by Gasteiger charge is 2.33. The Bertz CT molecular complexity index is 154. The summed E-state index contributed by atoms with van der Waals surface area (Å²) in [5.41, 5.74) is 0. The second-order valence-electron chi connectivity index (χ2n) is 4.66. The lowest BCUT2D eigenvalue weighted by molar-refractivity contribution is 0.150. The van der Waals surface area contributed by atoms with E-state index in [9.17, 15) is 5.11 Å². The van der Waals surface area contributed by atoms with Gasteiger partial charge in [-0.25, -0.2) is 0 Å². The average Bonchev–Trinajstić information content (AvgIpc) is 2.67. The van der Waals surface area contributed by atoms with Gasteiger partial charge in [0, 0.05) is 13.2 Å². The molecule has 1 saturated heterocycles. The first-order valence-corrected chi connectivity index (χ1v) is 5.73. The molecule has 0 spiro atoms. The van der Waals surface area contributed by atoms with Gasteiger partial charge in [-0.3, -0.25) is 0 Å². The van der Waals surface area contributed by atoms with Crippen molar-refractivity contribution in [3.8, 4) is 0 Å². The van der Waals surface area contributed by atoms with E-state index in [2.05, 4.69) is 5.32 Å². The third-order valence-electron chi connectivity index (χ3n) is 3.88. The minimum Gasteiger partial charge on any atom is -0.396 e. The van der Waals surface area contributed by atoms with Crippen LogP contribution < -0.4 is 5.32 Å². The van der Waals surface area contributed by atoms with Crippen molar-refractivity contribution in [3.63, 3.8) is 0 Å². The van der Waals surface area contributed by atoms with Gasteiger partial charge < -0.3 is 10.4 Å². The van der Waals surface area contributed by atoms with Crippen molar-refractivity contribution in [2.24, 2.45) is 17.8 Å². The van der Waals surface area contributed by atoms with E-state index in [0.717, 1.165) is 24.9 Å². The van der Waals surface area contributed by atoms with Crippen LogP contribution in [0, 0.1) is 17.8 Å². The maximum atomic E-state index is 9.23. The van der Waals surface area contributed by atoms with E-state index in [0.29, 0.717) is 12.5 Å². The van der Waals surface area contributed by atoms with E-state index in [1.54, 1.807) is 0 Å². The lowest BCUT2D eigenvalue weighted by atomic mass is 9.76. The van der Waals surface area contributed by atoms with Gasteiger partial charge in [-0.2, -0.15) is 0 Å². The Morgan fingerprint density at radius 3 is 2.54 bits per heavy atom. The van der Waals surface area contributed by atoms with Crippen LogP contribution in [0.3, 0.4) is 0 Å². The Morgan fingerprint density at radius 2 is 1.85 bits per heavy atom. The van der Waals surface area contributed by atoms with Crippen LogP contribution in [0.1, 0.15) is 32.1 Å². The van der Waals surface area contributed by atoms with E-state index < -0.39 is 0 Å². The number of rotatable bonds is 2. The third-order valence-corrected chi connectivity index (χ3v) is 3.88. The quantitative estimate of drug-likeness (QED) is 0.678. The summed E-state index contributed by atoms with van der Waals surface area (Å²) in [4.78, 5) is 0. The monoisotopic (exact) mass is 183 g/mol. The Kier molecular flexibility index (Phi) is 3.23. The number of nitrogens with one attached hydrogen (secondary N) is 1. The zero-order valence-electron chi connectivity index (χ0n) is 8.34. The zero-order chi connectivity index (χ0) is 9.10. The van der Waals surface area contributed by atoms with E-state index in [-0.39, 0.29) is 0 Å². The van der Waals surface area contributed by atoms with Gasteiger partial charge in [0.2, 0.25) is 0 Å². The lowest BCUT2D eigenvalue weighted by Gasteiger charge is -2.30. The van der Waals surface area contributed by atoms with Gasteiger partial charge in [0.25, 0.3) is 0 Å². The zero-order valence-corrected chi connectivity index (χ0v) is 8.34. The molecule has 1 saturated carbocycles. The predicted octanol–water partition coefficient (Wildman–Crippen LogP) is 1.39. The third kappa shape index (κ3) is 2.05. The van der Waals surface area contributed by atoms with Crippen LogP contribution in [-0.4, -0.2) is 24.8 Å². The van der Waals surface area contributed by atoms with Gasteiger partial charge in [0.1, 0.15) is 0 Å². The average molecular weight is 183 g/mol. The fraction of sp³-hybridized carbons (Fsp3) is 1.00. The van der Waals surface area contributed by atoms with Crippen LogP contribution in [0.5, 0.6) is 0 Å². The molecule has 2 heteroatoms. The summed E-state index contributed by atoms with van der Waals surface area (Å²) < 4.78 is 0. The maximum Gasteiger partial charge on any atom is 0.0474 e. The number of aliphatic hydroxyl groups is 1. The second kappa shape index (κ2) is 4.43. The van der Waals surface area contributed by atoms with E-state index >= 15 is 0 Å². The topological polar surface area (TPSA) is 32.3 Å². The Hall–Kier alpha value is -0.0800. The Morgan fingerprint density at radius 1 is 1.08 bits per heavy atom. The van der Waals surface area contributed by atoms with Crippen LogP contribution in [0.15, 0.2) is 0 Å². The molecule has 0 bridgehead atoms. The lowest BCUT2D eigenvalue weighted by Crippen LogP contribution is -2.26. The smallest absolute Gasteiger partial charge is 0.0474 e. The van der Waals surface area contributed by atoms with Gasteiger partial charge in [0.05, 0.1) is 0 Å². The fourth-order valence-corrected chi connectivity index (χ4v) is 3.07. The SMILES string of the molecule is OCC1CNCC1C1CCCCC1. The van der Waals surface area contributed by atoms with Gasteiger partial charge >= 0.3 is 0 Å². The van der Waals surface area contributed by atoms with Crippen LogP contribution in [0.4, 0.5) is 0 Å². The van der Waals surface area contributed by atoms with Gasteiger partial charge in [-0.15, -0.1) is 0 Å². The minimum atomic E-state index is 0.383. The first-order chi connectivity index (χ1) is 6.42. The second-order valence-corrected chi connectivity index (χ2v) is 4.66. The van der Waals surface area contributed by atoms with Crippen molar-refractivity contribution in [2.75, 3.05) is 19.7 Å². The van der Waals surface area contributed by atoms with Gasteiger partial charge in [-0.05, 0) is 24.3 Å². The molecule has 0 radical (unpaired) electrons. The first kappa shape index (κ1) is 9.47. The molecule has 2 fully saturated rings. The van der Waals surface area contributed by atoms with Crippen molar-refractivity contribution in [2.45, 2.75) is 32.1 Å². The van der Waals surface area contributed by atoms with Gasteiger partial charge in [0.15, 0.2) is 0 Å². The molecule has 13 heavy (non-hydrogen) atoms. The molecule has 76 valence electrons. The minimum absolute atomic E-state index is 0.383. The molecule has 0 amide bonds. The molecule has 2 unspecified atom stereocenters. The molecular weight excluding hydrogens is 162 g/mol. The number of aliphatic hydroxyl groups excluding tert-OH is 1. The van der Waals surface area contributed by atoms with Crippen molar-refractivity contribution in [1.29, 1.82) is 0 Å². The maximum absolute atomic E-state index is 9.23. The summed E-state index contributed by atoms with van der Waals surface area (Å²) in [5, 5.41) is 12.6. The Balaban J connectivity index is 1.90. The Labute approximate surface area is 80.7 Å². The van der Waals surface area contributed by atoms with E-state index in [4.69, 9.17) is 0 Å². The van der Waals surface area contributed by atoms with Crippen molar-refractivity contribution < 1.29 is 5.11 Å². The molecule has 2 nitrogen and oxygen atoms in total. The highest BCUT2D eigenvalue weighted by Crippen LogP contribution is 2.35. The van der Waals surface area contributed by atoms with Crippen LogP contribution in [0.25, 0.3) is 0 Å².